The van der Waals surface area contributed by atoms with Gasteiger partial charge >= 0.3 is 0 Å². The van der Waals surface area contributed by atoms with E-state index in [-0.39, 0.29) is 11.6 Å². The van der Waals surface area contributed by atoms with Gasteiger partial charge in [0.15, 0.2) is 23.3 Å². The summed E-state index contributed by atoms with van der Waals surface area (Å²) in [5.41, 5.74) is 15.9. The molecule has 0 amide bonds. The Morgan fingerprint density at radius 3 is 1.19 bits per heavy atom. The summed E-state index contributed by atoms with van der Waals surface area (Å²) in [7, 11) is 0. The smallest absolute Gasteiger partial charge is 0.181 e. The highest BCUT2D eigenvalue weighted by atomic mass is 19.1. The number of aryl methyl sites for hydroxylation is 1. The van der Waals surface area contributed by atoms with Crippen LogP contribution in [0, 0.1) is 23.5 Å². The van der Waals surface area contributed by atoms with Gasteiger partial charge in [-0.05, 0) is 209 Å². The zero-order chi connectivity index (χ0) is 66.5. The summed E-state index contributed by atoms with van der Waals surface area (Å²) in [5.74, 6) is 7.44. The molecule has 24 heteroatoms. The normalized spacial score (nSPS) is 12.7. The SMILES string of the molecule is CC(C)=Cc1nc(-c2ccc3[nH]nc(-c4ccc(F)cc4)c3c2)n[nH]1.CCCCc1nc(-c2ccc3[nH]nc(-c4ccc(F)cc4)c3c2)n[nH]1.c1cc(-c2n[nH]c3ccc(-c4n[nH]c(CC5CC5)n4)cc23)ccn1.c1cncc(-c2n[nH]c3ccc(-c4n[nH]c(CC5CC5)n4)cc23)c1. The van der Waals surface area contributed by atoms with Crippen molar-refractivity contribution in [3.05, 3.63) is 211 Å². The van der Waals surface area contributed by atoms with Crippen LogP contribution < -0.4 is 0 Å². The molecule has 0 spiro atoms. The highest BCUT2D eigenvalue weighted by Gasteiger charge is 2.25. The summed E-state index contributed by atoms with van der Waals surface area (Å²) in [6.45, 7) is 6.17. The number of hydrogen-bond donors (Lipinski definition) is 8. The highest BCUT2D eigenvalue weighted by molar-refractivity contribution is 5.98. The fourth-order valence-electron chi connectivity index (χ4n) is 11.6. The number of nitrogens with one attached hydrogen (secondary N) is 8. The summed E-state index contributed by atoms with van der Waals surface area (Å²) in [6, 6.07) is 44.6. The van der Waals surface area contributed by atoms with E-state index in [0.717, 1.165) is 195 Å². The van der Waals surface area contributed by atoms with Crippen molar-refractivity contribution in [2.24, 2.45) is 11.8 Å². The molecule has 0 atom stereocenters. The third kappa shape index (κ3) is 14.1. The number of hydrogen-bond acceptors (Lipinski definition) is 14. The molecular formula is C74H66F2N22. The van der Waals surface area contributed by atoms with E-state index in [1.54, 1.807) is 42.9 Å². The lowest BCUT2D eigenvalue weighted by Crippen LogP contribution is -1.89. The number of unbranched alkanes of at least 4 members (excludes halogenated alkanes) is 1. The summed E-state index contributed by atoms with van der Waals surface area (Å²) in [5, 5.41) is 63.3. The van der Waals surface area contributed by atoms with Crippen LogP contribution in [-0.2, 0) is 19.3 Å². The second kappa shape index (κ2) is 27.5. The van der Waals surface area contributed by atoms with Crippen molar-refractivity contribution in [2.75, 3.05) is 0 Å². The molecule has 2 aliphatic rings. The number of allylic oxidation sites excluding steroid dienone is 1. The number of fused-ring (bicyclic) bond motifs is 4. The van der Waals surface area contributed by atoms with Crippen LogP contribution in [0.25, 0.3) is 140 Å². The third-order valence-electron chi connectivity index (χ3n) is 17.1. The first kappa shape index (κ1) is 61.8. The van der Waals surface area contributed by atoms with Gasteiger partial charge in [0, 0.05) is 110 Å². The maximum absolute atomic E-state index is 13.2. The van der Waals surface area contributed by atoms with Crippen molar-refractivity contribution in [1.82, 2.24) is 111 Å². The summed E-state index contributed by atoms with van der Waals surface area (Å²) < 4.78 is 26.3. The molecule has 16 aromatic rings. The molecular weight excluding hydrogens is 1230 g/mol. The predicted molar refractivity (Wildman–Crippen MR) is 374 cm³/mol. The number of benzene rings is 6. The number of nitrogens with zero attached hydrogens (tertiary/aromatic N) is 14. The topological polar surface area (TPSA) is 307 Å². The van der Waals surface area contributed by atoms with Gasteiger partial charge < -0.3 is 0 Å². The number of aromatic nitrogens is 22. The zero-order valence-electron chi connectivity index (χ0n) is 53.8. The molecule has 0 radical (unpaired) electrons. The van der Waals surface area contributed by atoms with Crippen LogP contribution in [0.1, 0.15) is 82.6 Å². The molecule has 0 saturated heterocycles. The zero-order valence-corrected chi connectivity index (χ0v) is 53.8. The Hall–Kier alpha value is -12.3. The lowest BCUT2D eigenvalue weighted by atomic mass is 10.1. The van der Waals surface area contributed by atoms with E-state index in [1.807, 2.05) is 111 Å². The maximum Gasteiger partial charge on any atom is 0.181 e. The van der Waals surface area contributed by atoms with Gasteiger partial charge in [0.05, 0.1) is 33.5 Å². The van der Waals surface area contributed by atoms with Crippen LogP contribution in [0.2, 0.25) is 0 Å². The molecule has 486 valence electrons. The Balaban J connectivity index is 0.000000107. The van der Waals surface area contributed by atoms with Crippen LogP contribution >= 0.6 is 0 Å². The average molecular weight is 1300 g/mol. The Labute approximate surface area is 559 Å². The summed E-state index contributed by atoms with van der Waals surface area (Å²) >= 11 is 0. The van der Waals surface area contributed by atoms with Crippen LogP contribution in [0.15, 0.2) is 176 Å². The number of halogens is 2. The minimum Gasteiger partial charge on any atom is -0.277 e. The number of aromatic amines is 8. The van der Waals surface area contributed by atoms with Crippen LogP contribution in [0.5, 0.6) is 0 Å². The van der Waals surface area contributed by atoms with Crippen molar-refractivity contribution >= 4 is 49.7 Å². The minimum absolute atomic E-state index is 0.260. The molecule has 2 fully saturated rings. The Kier molecular flexibility index (Phi) is 17.4. The molecule has 18 rings (SSSR count). The standard InChI is InChI=1S/C19H16FN5.C19H18FN5.2C18H16N6/c1-11(2)9-17-21-19(25-23-17)13-5-8-16-15(10-13)18(24-22-16)12-3-6-14(20)7-4-12;1-2-3-4-17-21-19(25-23-17)13-7-10-16-15(11-13)18(24-22-16)12-5-8-14(20)9-6-12;1-2-11(1)9-16-20-18(24-22-16)13-3-4-15-14(10-13)17(23-21-15)12-5-7-19-8-6-12;1-2-13(10-19-7-1)17-14-9-12(5-6-15(14)21-23-17)18-20-16(22-24-18)8-11-3-4-11/h3-10H,1-2H3,(H,22,24)(H,21,23,25);5-11H,2-4H2,1H3,(H,22,24)(H,21,23,25);3-8,10-11H,1-2,9H2,(H,21,23)(H,20,22,24);1-2,5-7,9-11H,3-4,8H2,(H,21,23)(H,20,22,24). The van der Waals surface area contributed by atoms with Crippen molar-refractivity contribution < 1.29 is 8.78 Å². The quantitative estimate of drug-likeness (QED) is 0.0446. The lowest BCUT2D eigenvalue weighted by Gasteiger charge is -2.00. The second-order valence-electron chi connectivity index (χ2n) is 24.8. The van der Waals surface area contributed by atoms with Gasteiger partial charge in [-0.2, -0.15) is 40.8 Å². The molecule has 98 heavy (non-hydrogen) atoms. The van der Waals surface area contributed by atoms with Gasteiger partial charge in [-0.15, -0.1) is 0 Å². The fraction of sp³-hybridized carbons (Fsp3) is 0.189. The van der Waals surface area contributed by atoms with E-state index in [2.05, 4.69) is 131 Å². The Morgan fingerprint density at radius 2 is 0.786 bits per heavy atom. The van der Waals surface area contributed by atoms with Gasteiger partial charge in [0.2, 0.25) is 0 Å². The first-order valence-corrected chi connectivity index (χ1v) is 32.7. The Morgan fingerprint density at radius 1 is 0.398 bits per heavy atom. The second-order valence-corrected chi connectivity index (χ2v) is 24.8. The number of pyridine rings is 2. The molecule has 0 unspecified atom stereocenters. The van der Waals surface area contributed by atoms with E-state index in [0.29, 0.717) is 11.6 Å². The van der Waals surface area contributed by atoms with E-state index in [9.17, 15) is 8.78 Å². The molecule has 0 aliphatic heterocycles. The van der Waals surface area contributed by atoms with E-state index >= 15 is 0 Å². The largest absolute Gasteiger partial charge is 0.277 e. The van der Waals surface area contributed by atoms with Crippen molar-refractivity contribution in [3.63, 3.8) is 0 Å². The van der Waals surface area contributed by atoms with Crippen molar-refractivity contribution in [3.8, 4) is 90.6 Å². The fourth-order valence-corrected chi connectivity index (χ4v) is 11.6. The first-order valence-electron chi connectivity index (χ1n) is 32.7. The molecule has 0 bridgehead atoms. The highest BCUT2D eigenvalue weighted by Crippen LogP contribution is 2.36. The van der Waals surface area contributed by atoms with Crippen LogP contribution in [0.3, 0.4) is 0 Å². The number of H-pyrrole nitrogens is 8. The molecule has 6 aromatic carbocycles. The summed E-state index contributed by atoms with van der Waals surface area (Å²) in [4.78, 5) is 26.6. The molecule has 2 saturated carbocycles. The molecule has 22 nitrogen and oxygen atoms in total. The molecule has 10 aromatic heterocycles. The van der Waals surface area contributed by atoms with Gasteiger partial charge in [0.1, 0.15) is 46.3 Å². The van der Waals surface area contributed by atoms with Crippen molar-refractivity contribution in [1.29, 1.82) is 0 Å². The third-order valence-corrected chi connectivity index (χ3v) is 17.1. The minimum atomic E-state index is -0.267. The van der Waals surface area contributed by atoms with Gasteiger partial charge in [0.25, 0.3) is 0 Å². The average Bonchev–Trinajstić information content (AvgIpc) is 1.66. The van der Waals surface area contributed by atoms with Gasteiger partial charge in [-0.3, -0.25) is 50.8 Å². The van der Waals surface area contributed by atoms with Gasteiger partial charge in [-0.25, -0.2) is 28.7 Å². The van der Waals surface area contributed by atoms with Crippen LogP contribution in [0.4, 0.5) is 8.78 Å². The predicted octanol–water partition coefficient (Wildman–Crippen LogP) is 15.8. The maximum atomic E-state index is 13.2. The van der Waals surface area contributed by atoms with E-state index < -0.39 is 0 Å². The van der Waals surface area contributed by atoms with Gasteiger partial charge in [-0.1, -0.05) is 18.9 Å². The lowest BCUT2D eigenvalue weighted by molar-refractivity contribution is 0.627. The molecule has 8 N–H and O–H groups in total. The molecule has 2 aliphatic carbocycles. The monoisotopic (exact) mass is 1300 g/mol. The Bertz CT molecular complexity index is 5240. The van der Waals surface area contributed by atoms with E-state index in [1.165, 1.54) is 49.9 Å². The van der Waals surface area contributed by atoms with Crippen molar-refractivity contribution in [2.45, 2.75) is 78.6 Å². The van der Waals surface area contributed by atoms with Crippen LogP contribution in [-0.4, -0.2) is 111 Å². The molecule has 10 heterocycles. The van der Waals surface area contributed by atoms with E-state index in [4.69, 9.17) is 0 Å². The number of rotatable bonds is 16. The first-order chi connectivity index (χ1) is 48.1. The summed E-state index contributed by atoms with van der Waals surface area (Å²) in [6.07, 6.45) is 19.4.